The number of benzene rings is 1. The van der Waals surface area contributed by atoms with Gasteiger partial charge in [-0.3, -0.25) is 4.79 Å². The van der Waals surface area contributed by atoms with E-state index in [0.29, 0.717) is 5.56 Å². The summed E-state index contributed by atoms with van der Waals surface area (Å²) in [6.45, 7) is 0.805. The molecule has 1 fully saturated rings. The van der Waals surface area contributed by atoms with Crippen molar-refractivity contribution in [2.45, 2.75) is 6.10 Å². The minimum Gasteiger partial charge on any atom is -0.368 e. The predicted molar refractivity (Wildman–Crippen MR) is 48.5 cm³/mol. The summed E-state index contributed by atoms with van der Waals surface area (Å²) in [5.74, 6) is -0.0525. The highest BCUT2D eigenvalue weighted by Crippen LogP contribution is 2.29. The third-order valence-electron chi connectivity index (χ3n) is 2.11. The third-order valence-corrected chi connectivity index (χ3v) is 2.11. The zero-order valence-electron chi connectivity index (χ0n) is 7.41. The predicted octanol–water partition coefficient (Wildman–Crippen LogP) is 1.12. The molecule has 1 aromatic carbocycles. The molecule has 0 aromatic heterocycles. The summed E-state index contributed by atoms with van der Waals surface area (Å²) in [6.07, 6.45) is 0.263. The van der Waals surface area contributed by atoms with E-state index in [0.717, 1.165) is 12.2 Å². The van der Waals surface area contributed by atoms with Crippen molar-refractivity contribution >= 4 is 5.91 Å². The SMILES string of the molecule is CNC(=O)c1ccc(C2CO2)cc1. The van der Waals surface area contributed by atoms with Gasteiger partial charge < -0.3 is 10.1 Å². The summed E-state index contributed by atoms with van der Waals surface area (Å²) >= 11 is 0. The van der Waals surface area contributed by atoms with Crippen LogP contribution in [0, 0.1) is 0 Å². The molecule has 1 atom stereocenters. The highest BCUT2D eigenvalue weighted by molar-refractivity contribution is 5.93. The molecule has 2 rings (SSSR count). The van der Waals surface area contributed by atoms with Gasteiger partial charge in [-0.2, -0.15) is 0 Å². The van der Waals surface area contributed by atoms with Crippen LogP contribution in [0.3, 0.4) is 0 Å². The van der Waals surface area contributed by atoms with E-state index in [2.05, 4.69) is 5.32 Å². The molecule has 1 aliphatic rings. The van der Waals surface area contributed by atoms with Gasteiger partial charge in [0.25, 0.3) is 5.91 Å². The minimum absolute atomic E-state index is 0.0525. The molecule has 1 saturated heterocycles. The molecule has 0 aliphatic carbocycles. The molecule has 0 bridgehead atoms. The molecule has 1 aromatic rings. The molecule has 0 spiro atoms. The lowest BCUT2D eigenvalue weighted by Gasteiger charge is -2.00. The maximum Gasteiger partial charge on any atom is 0.251 e. The first-order valence-electron chi connectivity index (χ1n) is 4.25. The van der Waals surface area contributed by atoms with Crippen LogP contribution in [0.1, 0.15) is 22.0 Å². The molecule has 13 heavy (non-hydrogen) atoms. The number of rotatable bonds is 2. The Morgan fingerprint density at radius 2 is 2.08 bits per heavy atom. The van der Waals surface area contributed by atoms with Crippen LogP contribution >= 0.6 is 0 Å². The molecule has 0 radical (unpaired) electrons. The van der Waals surface area contributed by atoms with Crippen LogP contribution in [0.15, 0.2) is 24.3 Å². The largest absolute Gasteiger partial charge is 0.368 e. The van der Waals surface area contributed by atoms with Gasteiger partial charge in [-0.25, -0.2) is 0 Å². The van der Waals surface area contributed by atoms with Crippen LogP contribution < -0.4 is 5.32 Å². The van der Waals surface area contributed by atoms with Crippen LogP contribution in [-0.2, 0) is 4.74 Å². The van der Waals surface area contributed by atoms with Crippen molar-refractivity contribution in [3.05, 3.63) is 35.4 Å². The summed E-state index contributed by atoms with van der Waals surface area (Å²) in [5, 5.41) is 2.58. The Hall–Kier alpha value is -1.35. The Labute approximate surface area is 76.7 Å². The standard InChI is InChI=1S/C10H11NO2/c1-11-10(12)8-4-2-7(3-5-8)9-6-13-9/h2-5,9H,6H2,1H3,(H,11,12). The first kappa shape index (κ1) is 8.26. The quantitative estimate of drug-likeness (QED) is 0.688. The normalized spacial score (nSPS) is 19.6. The van der Waals surface area contributed by atoms with Crippen LogP contribution in [-0.4, -0.2) is 19.6 Å². The summed E-state index contributed by atoms with van der Waals surface area (Å²) in [5.41, 5.74) is 1.83. The Morgan fingerprint density at radius 3 is 2.54 bits per heavy atom. The number of ether oxygens (including phenoxy) is 1. The lowest BCUT2D eigenvalue weighted by Crippen LogP contribution is -2.17. The molecule has 1 heterocycles. The maximum atomic E-state index is 11.2. The number of epoxide rings is 1. The fourth-order valence-electron chi connectivity index (χ4n) is 1.23. The molecule has 1 N–H and O–H groups in total. The number of carbonyl (C=O) groups is 1. The van der Waals surface area contributed by atoms with E-state index in [9.17, 15) is 4.79 Å². The van der Waals surface area contributed by atoms with Crippen molar-refractivity contribution in [1.82, 2.24) is 5.32 Å². The molecule has 3 heteroatoms. The summed E-state index contributed by atoms with van der Waals surface area (Å²) < 4.78 is 5.12. The van der Waals surface area contributed by atoms with E-state index in [1.807, 2.05) is 24.3 Å². The van der Waals surface area contributed by atoms with E-state index in [1.54, 1.807) is 7.05 Å². The zero-order valence-corrected chi connectivity index (χ0v) is 7.41. The lowest BCUT2D eigenvalue weighted by atomic mass is 10.1. The summed E-state index contributed by atoms with van der Waals surface area (Å²) in [4.78, 5) is 11.2. The van der Waals surface area contributed by atoms with Gasteiger partial charge in [-0.1, -0.05) is 12.1 Å². The van der Waals surface area contributed by atoms with Crippen LogP contribution in [0.2, 0.25) is 0 Å². The Balaban J connectivity index is 2.17. The third kappa shape index (κ3) is 1.70. The monoisotopic (exact) mass is 177 g/mol. The van der Waals surface area contributed by atoms with Gasteiger partial charge in [0.05, 0.1) is 6.61 Å². The molecule has 68 valence electrons. The topological polar surface area (TPSA) is 41.6 Å². The van der Waals surface area contributed by atoms with Gasteiger partial charge in [0.1, 0.15) is 6.10 Å². The molecular weight excluding hydrogens is 166 g/mol. The highest BCUT2D eigenvalue weighted by atomic mass is 16.6. The van der Waals surface area contributed by atoms with Gasteiger partial charge in [-0.15, -0.1) is 0 Å². The average Bonchev–Trinajstić information content (AvgIpc) is 3.00. The van der Waals surface area contributed by atoms with Crippen LogP contribution in [0.4, 0.5) is 0 Å². The van der Waals surface area contributed by atoms with Crippen molar-refractivity contribution < 1.29 is 9.53 Å². The molecule has 0 saturated carbocycles. The number of hydrogen-bond donors (Lipinski definition) is 1. The van der Waals surface area contributed by atoms with E-state index in [1.165, 1.54) is 0 Å². The smallest absolute Gasteiger partial charge is 0.251 e. The minimum atomic E-state index is -0.0525. The fourth-order valence-corrected chi connectivity index (χ4v) is 1.23. The second kappa shape index (κ2) is 3.18. The van der Waals surface area contributed by atoms with E-state index < -0.39 is 0 Å². The van der Waals surface area contributed by atoms with Crippen molar-refractivity contribution in [2.75, 3.05) is 13.7 Å². The van der Waals surface area contributed by atoms with Gasteiger partial charge in [-0.05, 0) is 17.7 Å². The van der Waals surface area contributed by atoms with Crippen molar-refractivity contribution in [3.8, 4) is 0 Å². The highest BCUT2D eigenvalue weighted by Gasteiger charge is 2.24. The maximum absolute atomic E-state index is 11.2. The molecule has 1 aliphatic heterocycles. The summed E-state index contributed by atoms with van der Waals surface area (Å²) in [7, 11) is 1.63. The second-order valence-corrected chi connectivity index (χ2v) is 3.02. The summed E-state index contributed by atoms with van der Waals surface area (Å²) in [6, 6.07) is 7.50. The van der Waals surface area contributed by atoms with E-state index >= 15 is 0 Å². The zero-order chi connectivity index (χ0) is 9.26. The molecule has 3 nitrogen and oxygen atoms in total. The average molecular weight is 177 g/mol. The van der Waals surface area contributed by atoms with Gasteiger partial charge in [0.2, 0.25) is 0 Å². The van der Waals surface area contributed by atoms with E-state index in [4.69, 9.17) is 4.74 Å². The Bertz CT molecular complexity index is 314. The van der Waals surface area contributed by atoms with Crippen molar-refractivity contribution in [2.24, 2.45) is 0 Å². The molecule has 1 amide bonds. The lowest BCUT2D eigenvalue weighted by molar-refractivity contribution is 0.0963. The Kier molecular flexibility index (Phi) is 2.02. The van der Waals surface area contributed by atoms with Crippen LogP contribution in [0.5, 0.6) is 0 Å². The van der Waals surface area contributed by atoms with Gasteiger partial charge >= 0.3 is 0 Å². The number of hydrogen-bond acceptors (Lipinski definition) is 2. The van der Waals surface area contributed by atoms with Crippen LogP contribution in [0.25, 0.3) is 0 Å². The Morgan fingerprint density at radius 1 is 1.46 bits per heavy atom. The molecule has 1 unspecified atom stereocenters. The number of nitrogens with one attached hydrogen (secondary N) is 1. The van der Waals surface area contributed by atoms with Gasteiger partial charge in [0, 0.05) is 12.6 Å². The second-order valence-electron chi connectivity index (χ2n) is 3.02. The number of carbonyl (C=O) groups excluding carboxylic acids is 1. The van der Waals surface area contributed by atoms with E-state index in [-0.39, 0.29) is 12.0 Å². The number of amides is 1. The fraction of sp³-hybridized carbons (Fsp3) is 0.300. The first-order chi connectivity index (χ1) is 6.31. The first-order valence-corrected chi connectivity index (χ1v) is 4.25. The van der Waals surface area contributed by atoms with Crippen molar-refractivity contribution in [1.29, 1.82) is 0 Å². The van der Waals surface area contributed by atoms with Crippen molar-refractivity contribution in [3.63, 3.8) is 0 Å². The van der Waals surface area contributed by atoms with Gasteiger partial charge in [0.15, 0.2) is 0 Å². The molecular formula is C10H11NO2.